The number of ether oxygens (including phenoxy) is 2. The second-order valence-corrected chi connectivity index (χ2v) is 6.13. The number of aromatic nitrogens is 2. The second-order valence-electron chi connectivity index (χ2n) is 6.13. The number of halogens is 1. The van der Waals surface area contributed by atoms with Gasteiger partial charge in [0.2, 0.25) is 0 Å². The van der Waals surface area contributed by atoms with Gasteiger partial charge in [0.1, 0.15) is 11.5 Å². The van der Waals surface area contributed by atoms with Gasteiger partial charge < -0.3 is 19.7 Å². The fourth-order valence-electron chi connectivity index (χ4n) is 2.79. The average molecular weight is 487 g/mol. The van der Waals surface area contributed by atoms with Crippen molar-refractivity contribution in [3.05, 3.63) is 41.7 Å². The van der Waals surface area contributed by atoms with Gasteiger partial charge in [-0.2, -0.15) is 5.10 Å². The third kappa shape index (κ3) is 6.93. The summed E-state index contributed by atoms with van der Waals surface area (Å²) in [6.07, 6.45) is 5.98. The first-order chi connectivity index (χ1) is 12.6. The SMILES string of the molecule is CN=C(NCCCc1cnn(C)c1)N(C)Cc1ccc(OC)cc1OC.I. The van der Waals surface area contributed by atoms with Gasteiger partial charge in [0.15, 0.2) is 5.96 Å². The van der Waals surface area contributed by atoms with Crippen molar-refractivity contribution >= 4 is 29.9 Å². The summed E-state index contributed by atoms with van der Waals surface area (Å²) in [5, 5.41) is 7.60. The third-order valence-corrected chi connectivity index (χ3v) is 4.16. The van der Waals surface area contributed by atoms with Crippen LogP contribution in [0.3, 0.4) is 0 Å². The van der Waals surface area contributed by atoms with E-state index < -0.39 is 0 Å². The lowest BCUT2D eigenvalue weighted by Gasteiger charge is -2.23. The van der Waals surface area contributed by atoms with Crippen molar-refractivity contribution < 1.29 is 9.47 Å². The van der Waals surface area contributed by atoms with Crippen LogP contribution in [0.25, 0.3) is 0 Å². The summed E-state index contributed by atoms with van der Waals surface area (Å²) in [6.45, 7) is 1.54. The van der Waals surface area contributed by atoms with E-state index in [1.165, 1.54) is 5.56 Å². The Hall–Kier alpha value is -1.97. The van der Waals surface area contributed by atoms with Gasteiger partial charge in [0.05, 0.1) is 20.4 Å². The zero-order valence-corrected chi connectivity index (χ0v) is 19.1. The molecule has 27 heavy (non-hydrogen) atoms. The third-order valence-electron chi connectivity index (χ3n) is 4.16. The minimum Gasteiger partial charge on any atom is -0.497 e. The van der Waals surface area contributed by atoms with E-state index in [1.807, 2.05) is 43.2 Å². The number of nitrogens with zero attached hydrogens (tertiary/aromatic N) is 4. The molecule has 1 aromatic heterocycles. The molecule has 150 valence electrons. The van der Waals surface area contributed by atoms with Crippen LogP contribution in [0.15, 0.2) is 35.6 Å². The topological polar surface area (TPSA) is 63.9 Å². The molecule has 0 saturated heterocycles. The van der Waals surface area contributed by atoms with E-state index in [9.17, 15) is 0 Å². The van der Waals surface area contributed by atoms with Crippen LogP contribution >= 0.6 is 24.0 Å². The molecule has 0 aliphatic carbocycles. The summed E-state index contributed by atoms with van der Waals surface area (Å²) in [7, 11) is 9.07. The van der Waals surface area contributed by atoms with Gasteiger partial charge in [-0.1, -0.05) is 0 Å². The maximum atomic E-state index is 5.48. The van der Waals surface area contributed by atoms with E-state index >= 15 is 0 Å². The van der Waals surface area contributed by atoms with Gasteiger partial charge in [-0.15, -0.1) is 24.0 Å². The molecular formula is C19H30IN5O2. The summed E-state index contributed by atoms with van der Waals surface area (Å²) in [5.74, 6) is 2.45. The summed E-state index contributed by atoms with van der Waals surface area (Å²) in [5.41, 5.74) is 2.33. The summed E-state index contributed by atoms with van der Waals surface area (Å²) in [4.78, 5) is 6.45. The normalized spacial score (nSPS) is 10.9. The Labute approximate surface area is 178 Å². The first-order valence-electron chi connectivity index (χ1n) is 8.67. The van der Waals surface area contributed by atoms with E-state index in [0.29, 0.717) is 6.54 Å². The van der Waals surface area contributed by atoms with Crippen molar-refractivity contribution in [2.24, 2.45) is 12.0 Å². The number of hydrogen-bond donors (Lipinski definition) is 1. The molecule has 8 heteroatoms. The number of methoxy groups -OCH3 is 2. The molecule has 0 bridgehead atoms. The summed E-state index contributed by atoms with van der Waals surface area (Å²) in [6, 6.07) is 5.85. The molecule has 0 unspecified atom stereocenters. The average Bonchev–Trinajstić information content (AvgIpc) is 3.07. The number of hydrogen-bond acceptors (Lipinski definition) is 4. The smallest absolute Gasteiger partial charge is 0.193 e. The predicted molar refractivity (Wildman–Crippen MR) is 119 cm³/mol. The molecule has 7 nitrogen and oxygen atoms in total. The fourth-order valence-corrected chi connectivity index (χ4v) is 2.79. The number of guanidine groups is 1. The molecule has 1 heterocycles. The molecule has 0 spiro atoms. The molecule has 1 aromatic carbocycles. The maximum Gasteiger partial charge on any atom is 0.193 e. The first kappa shape index (κ1) is 23.1. The van der Waals surface area contributed by atoms with Crippen molar-refractivity contribution in [3.63, 3.8) is 0 Å². The highest BCUT2D eigenvalue weighted by Crippen LogP contribution is 2.25. The Morgan fingerprint density at radius 1 is 1.30 bits per heavy atom. The van der Waals surface area contributed by atoms with Crippen LogP contribution < -0.4 is 14.8 Å². The molecule has 0 amide bonds. The molecule has 0 fully saturated rings. The summed E-state index contributed by atoms with van der Waals surface area (Å²) < 4.78 is 12.6. The summed E-state index contributed by atoms with van der Waals surface area (Å²) >= 11 is 0. The zero-order chi connectivity index (χ0) is 18.9. The van der Waals surface area contributed by atoms with Gasteiger partial charge in [0, 0.05) is 52.1 Å². The molecule has 0 saturated carbocycles. The molecule has 2 aromatic rings. The number of rotatable bonds is 8. The Kier molecular flexibility index (Phi) is 9.98. The van der Waals surface area contributed by atoms with Gasteiger partial charge in [0.25, 0.3) is 0 Å². The van der Waals surface area contributed by atoms with Gasteiger partial charge in [-0.3, -0.25) is 9.67 Å². The van der Waals surface area contributed by atoms with Crippen molar-refractivity contribution in [2.75, 3.05) is 34.9 Å². The highest BCUT2D eigenvalue weighted by molar-refractivity contribution is 14.0. The highest BCUT2D eigenvalue weighted by Gasteiger charge is 2.11. The Morgan fingerprint density at radius 2 is 2.07 bits per heavy atom. The van der Waals surface area contributed by atoms with E-state index in [0.717, 1.165) is 42.4 Å². The highest BCUT2D eigenvalue weighted by atomic mass is 127. The Balaban J connectivity index is 0.00000364. The van der Waals surface area contributed by atoms with Gasteiger partial charge >= 0.3 is 0 Å². The van der Waals surface area contributed by atoms with Crippen LogP contribution in [0.4, 0.5) is 0 Å². The molecule has 0 aliphatic rings. The lowest BCUT2D eigenvalue weighted by molar-refractivity contribution is 0.382. The standard InChI is InChI=1S/C19H29N5O2.HI/c1-20-19(21-10-6-7-15-12-22-24(3)13-15)23(2)14-16-8-9-17(25-4)11-18(16)26-5;/h8-9,11-13H,6-7,10,14H2,1-5H3,(H,20,21);1H. The van der Waals surface area contributed by atoms with Crippen molar-refractivity contribution in [1.82, 2.24) is 20.0 Å². The molecule has 0 atom stereocenters. The fraction of sp³-hybridized carbons (Fsp3) is 0.474. The van der Waals surface area contributed by atoms with Crippen molar-refractivity contribution in [1.29, 1.82) is 0 Å². The van der Waals surface area contributed by atoms with E-state index in [4.69, 9.17) is 9.47 Å². The Bertz CT molecular complexity index is 733. The van der Waals surface area contributed by atoms with E-state index in [1.54, 1.807) is 21.3 Å². The Morgan fingerprint density at radius 3 is 2.67 bits per heavy atom. The quantitative estimate of drug-likeness (QED) is 0.269. The second kappa shape index (κ2) is 11.7. The first-order valence-corrected chi connectivity index (χ1v) is 8.67. The maximum absolute atomic E-state index is 5.48. The molecular weight excluding hydrogens is 457 g/mol. The number of benzene rings is 1. The minimum atomic E-state index is 0. The van der Waals surface area contributed by atoms with Gasteiger partial charge in [-0.25, -0.2) is 0 Å². The van der Waals surface area contributed by atoms with Crippen LogP contribution in [-0.2, 0) is 20.0 Å². The number of aliphatic imine (C=N–C) groups is 1. The minimum absolute atomic E-state index is 0. The van der Waals surface area contributed by atoms with Crippen LogP contribution in [0.1, 0.15) is 17.5 Å². The predicted octanol–water partition coefficient (Wildman–Crippen LogP) is 2.70. The van der Waals surface area contributed by atoms with E-state index in [-0.39, 0.29) is 24.0 Å². The van der Waals surface area contributed by atoms with Crippen LogP contribution in [-0.4, -0.2) is 55.5 Å². The number of nitrogens with one attached hydrogen (secondary N) is 1. The van der Waals surface area contributed by atoms with E-state index in [2.05, 4.69) is 26.5 Å². The van der Waals surface area contributed by atoms with Gasteiger partial charge in [-0.05, 0) is 30.5 Å². The lowest BCUT2D eigenvalue weighted by atomic mass is 10.2. The molecule has 0 aliphatic heterocycles. The monoisotopic (exact) mass is 487 g/mol. The molecule has 0 radical (unpaired) electrons. The lowest BCUT2D eigenvalue weighted by Crippen LogP contribution is -2.39. The van der Waals surface area contributed by atoms with Crippen molar-refractivity contribution in [2.45, 2.75) is 19.4 Å². The van der Waals surface area contributed by atoms with Crippen LogP contribution in [0.5, 0.6) is 11.5 Å². The largest absolute Gasteiger partial charge is 0.497 e. The number of aryl methyl sites for hydroxylation is 2. The van der Waals surface area contributed by atoms with Crippen LogP contribution in [0, 0.1) is 0 Å². The molecule has 1 N–H and O–H groups in total. The van der Waals surface area contributed by atoms with Crippen LogP contribution in [0.2, 0.25) is 0 Å². The zero-order valence-electron chi connectivity index (χ0n) is 16.7. The molecule has 2 rings (SSSR count). The van der Waals surface area contributed by atoms with Crippen molar-refractivity contribution in [3.8, 4) is 11.5 Å².